The van der Waals surface area contributed by atoms with Crippen molar-refractivity contribution in [2.45, 2.75) is 32.1 Å². The first kappa shape index (κ1) is 23.5. The van der Waals surface area contributed by atoms with Gasteiger partial charge in [0.15, 0.2) is 0 Å². The molecule has 2 rings (SSSR count). The first-order valence-electron chi connectivity index (χ1n) is 8.04. The van der Waals surface area contributed by atoms with E-state index in [0.29, 0.717) is 6.07 Å². The van der Waals surface area contributed by atoms with E-state index in [1.54, 1.807) is 0 Å². The van der Waals surface area contributed by atoms with E-state index in [0.717, 1.165) is 13.2 Å². The highest BCUT2D eigenvalue weighted by Crippen LogP contribution is 2.43. The molecule has 1 heterocycles. The van der Waals surface area contributed by atoms with E-state index in [2.05, 4.69) is 9.72 Å². The fraction of sp³-hybridized carbons (Fsp3) is 0.353. The third-order valence-corrected chi connectivity index (χ3v) is 3.93. The molecule has 0 N–H and O–H groups in total. The zero-order chi connectivity index (χ0) is 23.0. The van der Waals surface area contributed by atoms with Crippen LogP contribution in [-0.4, -0.2) is 34.9 Å². The van der Waals surface area contributed by atoms with E-state index < -0.39 is 52.9 Å². The predicted octanol–water partition coefficient (Wildman–Crippen LogP) is 4.25. The van der Waals surface area contributed by atoms with Crippen molar-refractivity contribution >= 4 is 17.6 Å². The maximum Gasteiger partial charge on any atom is 0.459 e. The Labute approximate surface area is 170 Å². The van der Waals surface area contributed by atoms with Crippen molar-refractivity contribution in [2.24, 2.45) is 0 Å². The molecular weight excluding hydrogens is 446 g/mol. The largest absolute Gasteiger partial charge is 0.482 e. The van der Waals surface area contributed by atoms with E-state index in [1.165, 1.54) is 13.8 Å². The number of rotatable bonds is 5. The van der Waals surface area contributed by atoms with Crippen molar-refractivity contribution in [2.75, 3.05) is 7.11 Å². The smallest absolute Gasteiger partial charge is 0.459 e. The molecule has 0 unspecified atom stereocenters. The van der Waals surface area contributed by atoms with Crippen molar-refractivity contribution in [1.29, 1.82) is 0 Å². The Morgan fingerprint density at radius 2 is 1.77 bits per heavy atom. The molecule has 0 fully saturated rings. The van der Waals surface area contributed by atoms with Gasteiger partial charge in [-0.1, -0.05) is 11.6 Å². The summed E-state index contributed by atoms with van der Waals surface area (Å²) in [6, 6.07) is 1.53. The molecule has 1 aromatic carbocycles. The van der Waals surface area contributed by atoms with E-state index in [-0.39, 0.29) is 21.2 Å². The molecular formula is C17H13ClF6N2O4. The summed E-state index contributed by atoms with van der Waals surface area (Å²) in [5.41, 5.74) is -4.77. The highest BCUT2D eigenvalue weighted by atomic mass is 35.5. The number of benzene rings is 1. The number of ether oxygens (including phenoxy) is 2. The SMILES string of the molecule is COc1cc(C(F)(F)C(F)(F)F)nc(=O)n1-c1cc(C(=O)OC(C)C)c(Cl)cc1F. The summed E-state index contributed by atoms with van der Waals surface area (Å²) in [6.45, 7) is 3.04. The highest BCUT2D eigenvalue weighted by Gasteiger charge is 2.60. The van der Waals surface area contributed by atoms with Gasteiger partial charge in [0.1, 0.15) is 11.5 Å². The molecule has 0 aliphatic carbocycles. The predicted molar refractivity (Wildman–Crippen MR) is 91.9 cm³/mol. The van der Waals surface area contributed by atoms with Gasteiger partial charge in [0.25, 0.3) is 0 Å². The number of esters is 1. The fourth-order valence-corrected chi connectivity index (χ4v) is 2.51. The minimum Gasteiger partial charge on any atom is -0.482 e. The van der Waals surface area contributed by atoms with E-state index >= 15 is 0 Å². The average Bonchev–Trinajstić information content (AvgIpc) is 2.60. The topological polar surface area (TPSA) is 70.4 Å². The Morgan fingerprint density at radius 1 is 1.17 bits per heavy atom. The fourth-order valence-electron chi connectivity index (χ4n) is 2.28. The Hall–Kier alpha value is -2.76. The third-order valence-electron chi connectivity index (χ3n) is 3.61. The van der Waals surface area contributed by atoms with Crippen LogP contribution in [0.2, 0.25) is 5.02 Å². The molecule has 2 aromatic rings. The van der Waals surface area contributed by atoms with Crippen LogP contribution >= 0.6 is 11.6 Å². The number of halogens is 7. The molecule has 1 aromatic heterocycles. The molecule has 0 aliphatic rings. The van der Waals surface area contributed by atoms with Gasteiger partial charge in [-0.05, 0) is 26.0 Å². The molecule has 30 heavy (non-hydrogen) atoms. The zero-order valence-corrected chi connectivity index (χ0v) is 16.2. The maximum absolute atomic E-state index is 14.5. The van der Waals surface area contributed by atoms with Crippen molar-refractivity contribution in [3.63, 3.8) is 0 Å². The number of hydrogen-bond acceptors (Lipinski definition) is 5. The Bertz CT molecular complexity index is 1040. The number of nitrogens with zero attached hydrogens (tertiary/aromatic N) is 2. The third kappa shape index (κ3) is 4.37. The van der Waals surface area contributed by atoms with Gasteiger partial charge in [-0.2, -0.15) is 26.9 Å². The summed E-state index contributed by atoms with van der Waals surface area (Å²) < 4.78 is 89.3. The van der Waals surface area contributed by atoms with Crippen molar-refractivity contribution in [3.05, 3.63) is 50.8 Å². The van der Waals surface area contributed by atoms with Crippen LogP contribution in [0.15, 0.2) is 23.0 Å². The summed E-state index contributed by atoms with van der Waals surface area (Å²) in [7, 11) is 0.850. The lowest BCUT2D eigenvalue weighted by atomic mass is 10.1. The minimum atomic E-state index is -6.04. The van der Waals surface area contributed by atoms with Crippen LogP contribution in [0, 0.1) is 5.82 Å². The van der Waals surface area contributed by atoms with E-state index in [4.69, 9.17) is 16.3 Å². The molecule has 0 aliphatic heterocycles. The Morgan fingerprint density at radius 3 is 2.27 bits per heavy atom. The van der Waals surface area contributed by atoms with Crippen LogP contribution in [0.1, 0.15) is 29.9 Å². The second-order valence-corrected chi connectivity index (χ2v) is 6.52. The lowest BCUT2D eigenvalue weighted by Crippen LogP contribution is -2.37. The monoisotopic (exact) mass is 458 g/mol. The highest BCUT2D eigenvalue weighted by molar-refractivity contribution is 6.33. The van der Waals surface area contributed by atoms with Crippen LogP contribution in [0.5, 0.6) is 5.88 Å². The van der Waals surface area contributed by atoms with Gasteiger partial charge in [0.2, 0.25) is 5.88 Å². The lowest BCUT2D eigenvalue weighted by Gasteiger charge is -2.20. The lowest BCUT2D eigenvalue weighted by molar-refractivity contribution is -0.291. The number of methoxy groups -OCH3 is 1. The number of alkyl halides is 5. The molecule has 0 bridgehead atoms. The second kappa shape index (κ2) is 8.17. The van der Waals surface area contributed by atoms with Gasteiger partial charge in [-0.25, -0.2) is 18.5 Å². The summed E-state index contributed by atoms with van der Waals surface area (Å²) >= 11 is 5.82. The van der Waals surface area contributed by atoms with Gasteiger partial charge >= 0.3 is 23.8 Å². The van der Waals surface area contributed by atoms with Gasteiger partial charge in [0.05, 0.1) is 29.5 Å². The van der Waals surface area contributed by atoms with Crippen molar-refractivity contribution in [3.8, 4) is 11.6 Å². The standard InChI is InChI=1S/C17H13ClF6N2O4/c1-7(2)30-14(27)8-4-11(10(19)5-9(8)18)26-13(29-3)6-12(25-15(26)28)16(20,21)17(22,23)24/h4-7H,1-3H3. The minimum absolute atomic E-state index is 0.134. The van der Waals surface area contributed by atoms with Crippen LogP contribution in [-0.2, 0) is 10.7 Å². The van der Waals surface area contributed by atoms with Gasteiger partial charge in [-0.15, -0.1) is 0 Å². The average molecular weight is 459 g/mol. The zero-order valence-electron chi connectivity index (χ0n) is 15.5. The molecule has 0 atom stereocenters. The summed E-state index contributed by atoms with van der Waals surface area (Å²) in [5.74, 6) is -8.56. The maximum atomic E-state index is 14.5. The number of hydrogen-bond donors (Lipinski definition) is 0. The summed E-state index contributed by atoms with van der Waals surface area (Å²) in [5, 5.41) is -0.387. The van der Waals surface area contributed by atoms with Gasteiger partial charge in [-0.3, -0.25) is 0 Å². The molecule has 164 valence electrons. The molecule has 6 nitrogen and oxygen atoms in total. The van der Waals surface area contributed by atoms with Crippen LogP contribution in [0.25, 0.3) is 5.69 Å². The number of carbonyl (C=O) groups is 1. The second-order valence-electron chi connectivity index (χ2n) is 6.11. The molecule has 13 heteroatoms. The first-order valence-corrected chi connectivity index (χ1v) is 8.42. The summed E-state index contributed by atoms with van der Waals surface area (Å²) in [4.78, 5) is 27.1. The van der Waals surface area contributed by atoms with Crippen LogP contribution in [0.4, 0.5) is 26.3 Å². The van der Waals surface area contributed by atoms with E-state index in [1.807, 2.05) is 0 Å². The Kier molecular flexibility index (Phi) is 6.40. The number of aromatic nitrogens is 2. The van der Waals surface area contributed by atoms with Crippen LogP contribution < -0.4 is 10.4 Å². The molecule has 0 saturated heterocycles. The van der Waals surface area contributed by atoms with Crippen molar-refractivity contribution in [1.82, 2.24) is 9.55 Å². The number of carbonyl (C=O) groups excluding carboxylic acids is 1. The normalized spacial score (nSPS) is 12.2. The van der Waals surface area contributed by atoms with Gasteiger partial charge < -0.3 is 9.47 Å². The molecule has 0 radical (unpaired) electrons. The molecule has 0 spiro atoms. The van der Waals surface area contributed by atoms with Crippen LogP contribution in [0.3, 0.4) is 0 Å². The first-order chi connectivity index (χ1) is 13.7. The summed E-state index contributed by atoms with van der Waals surface area (Å²) in [6.07, 6.45) is -6.62. The van der Waals surface area contributed by atoms with Crippen molar-refractivity contribution < 1.29 is 40.6 Å². The molecule has 0 saturated carbocycles. The van der Waals surface area contributed by atoms with E-state index in [9.17, 15) is 35.9 Å². The van der Waals surface area contributed by atoms with Gasteiger partial charge in [0, 0.05) is 6.07 Å². The quantitative estimate of drug-likeness (QED) is 0.495. The Balaban J connectivity index is 2.73. The molecule has 0 amide bonds.